The fourth-order valence-electron chi connectivity index (χ4n) is 10.9. The molecule has 0 saturated heterocycles. The highest BCUT2D eigenvalue weighted by Crippen LogP contribution is 2.59. The van der Waals surface area contributed by atoms with Gasteiger partial charge in [-0.1, -0.05) is 212 Å². The Kier molecular flexibility index (Phi) is 9.11. The predicted octanol–water partition coefficient (Wildman–Crippen LogP) is 17.4. The summed E-state index contributed by atoms with van der Waals surface area (Å²) in [5.74, 6) is 1.63. The first-order valence-corrected chi connectivity index (χ1v) is 23.1. The van der Waals surface area contributed by atoms with Gasteiger partial charge in [0.25, 0.3) is 0 Å². The van der Waals surface area contributed by atoms with Crippen LogP contribution in [0.25, 0.3) is 66.4 Å². The molecule has 0 radical (unpaired) electrons. The number of anilines is 3. The molecule has 67 heavy (non-hydrogen) atoms. The second kappa shape index (κ2) is 15.8. The number of benzene rings is 11. The Morgan fingerprint density at radius 1 is 0.299 bits per heavy atom. The maximum absolute atomic E-state index is 7.47. The minimum Gasteiger partial charge on any atom is -0.454 e. The van der Waals surface area contributed by atoms with Crippen molar-refractivity contribution < 1.29 is 4.74 Å². The standard InChI is InChI=1S/C65H43NO/c1-5-18-44(19-6-1)46-32-35-52(36-33-46)66(53-37-39-56-55-28-15-16-30-60(55)65(61(56)43-53,50-24-9-3-10-25-50)51-26-11-4-12-27-51)62-31-17-29-57-54-38-34-49(45-20-7-2-8-21-45)40-58(54)59-41-47-22-13-14-23-48(47)42-63(59)67-64(57)62/h1-43H. The van der Waals surface area contributed by atoms with Crippen molar-refractivity contribution in [1.82, 2.24) is 0 Å². The molecule has 13 rings (SSSR count). The third kappa shape index (κ3) is 6.26. The van der Waals surface area contributed by atoms with Crippen LogP contribution < -0.4 is 9.64 Å². The first-order valence-electron chi connectivity index (χ1n) is 23.1. The van der Waals surface area contributed by atoms with E-state index >= 15 is 0 Å². The van der Waals surface area contributed by atoms with E-state index in [1.165, 1.54) is 49.9 Å². The molecule has 0 unspecified atom stereocenters. The van der Waals surface area contributed by atoms with Gasteiger partial charge in [0.1, 0.15) is 5.75 Å². The fraction of sp³-hybridized carbons (Fsp3) is 0.0154. The quantitative estimate of drug-likeness (QED) is 0.158. The van der Waals surface area contributed by atoms with E-state index in [-0.39, 0.29) is 0 Å². The van der Waals surface area contributed by atoms with Gasteiger partial charge in [0.05, 0.1) is 11.1 Å². The molecule has 0 atom stereocenters. The predicted molar refractivity (Wildman–Crippen MR) is 278 cm³/mol. The van der Waals surface area contributed by atoms with E-state index in [4.69, 9.17) is 4.74 Å². The molecular weight excluding hydrogens is 811 g/mol. The first kappa shape index (κ1) is 38.7. The van der Waals surface area contributed by atoms with Crippen molar-refractivity contribution in [2.45, 2.75) is 5.41 Å². The van der Waals surface area contributed by atoms with Crippen LogP contribution >= 0.6 is 0 Å². The van der Waals surface area contributed by atoms with Crippen molar-refractivity contribution in [3.63, 3.8) is 0 Å². The normalized spacial score (nSPS) is 12.7. The topological polar surface area (TPSA) is 12.5 Å². The Morgan fingerprint density at radius 2 is 0.821 bits per heavy atom. The molecule has 0 N–H and O–H groups in total. The highest BCUT2D eigenvalue weighted by atomic mass is 16.5. The summed E-state index contributed by atoms with van der Waals surface area (Å²) in [7, 11) is 0. The molecule has 314 valence electrons. The molecule has 1 aliphatic carbocycles. The van der Waals surface area contributed by atoms with Gasteiger partial charge in [-0.25, -0.2) is 0 Å². The molecule has 0 saturated carbocycles. The van der Waals surface area contributed by atoms with Gasteiger partial charge in [0, 0.05) is 22.5 Å². The smallest absolute Gasteiger partial charge is 0.159 e. The van der Waals surface area contributed by atoms with Crippen LogP contribution in [-0.2, 0) is 5.41 Å². The van der Waals surface area contributed by atoms with Crippen molar-refractivity contribution in [2.24, 2.45) is 0 Å². The van der Waals surface area contributed by atoms with Gasteiger partial charge in [-0.05, 0) is 126 Å². The van der Waals surface area contributed by atoms with E-state index in [1.807, 2.05) is 0 Å². The van der Waals surface area contributed by atoms with Crippen LogP contribution in [0.3, 0.4) is 0 Å². The number of para-hydroxylation sites is 1. The van der Waals surface area contributed by atoms with E-state index in [9.17, 15) is 0 Å². The van der Waals surface area contributed by atoms with Crippen LogP contribution in [0.1, 0.15) is 22.3 Å². The molecule has 0 amide bonds. The van der Waals surface area contributed by atoms with Gasteiger partial charge in [-0.2, -0.15) is 0 Å². The van der Waals surface area contributed by atoms with Crippen molar-refractivity contribution in [3.05, 3.63) is 283 Å². The van der Waals surface area contributed by atoms with Crippen LogP contribution in [0, 0.1) is 0 Å². The average Bonchev–Trinajstić information content (AvgIpc) is 3.62. The Morgan fingerprint density at radius 3 is 1.52 bits per heavy atom. The monoisotopic (exact) mass is 853 g/mol. The van der Waals surface area contributed by atoms with Gasteiger partial charge in [-0.3, -0.25) is 0 Å². The third-order valence-electron chi connectivity index (χ3n) is 13.9. The Bertz CT molecular complexity index is 3600. The first-order chi connectivity index (χ1) is 33.2. The van der Waals surface area contributed by atoms with Crippen molar-refractivity contribution in [2.75, 3.05) is 4.90 Å². The van der Waals surface area contributed by atoms with Crippen LogP contribution in [0.2, 0.25) is 0 Å². The number of rotatable bonds is 7. The Labute approximate surface area is 391 Å². The largest absolute Gasteiger partial charge is 0.454 e. The molecule has 0 spiro atoms. The summed E-state index contributed by atoms with van der Waals surface area (Å²) in [6.07, 6.45) is 0. The molecule has 1 aliphatic heterocycles. The lowest BCUT2D eigenvalue weighted by Crippen LogP contribution is -2.28. The second-order valence-electron chi connectivity index (χ2n) is 17.6. The summed E-state index contributed by atoms with van der Waals surface area (Å²) in [5.41, 5.74) is 19.0. The minimum atomic E-state index is -0.563. The minimum absolute atomic E-state index is 0.563. The molecule has 2 aliphatic rings. The number of fused-ring (bicyclic) bond motifs is 9. The Hall–Kier alpha value is -8.72. The average molecular weight is 854 g/mol. The van der Waals surface area contributed by atoms with Crippen LogP contribution in [0.5, 0.6) is 11.5 Å². The van der Waals surface area contributed by atoms with Gasteiger partial charge in [0.15, 0.2) is 5.75 Å². The summed E-state index contributed by atoms with van der Waals surface area (Å²) in [6.45, 7) is 0. The lowest BCUT2D eigenvalue weighted by atomic mass is 9.67. The summed E-state index contributed by atoms with van der Waals surface area (Å²) >= 11 is 0. The number of hydrogen-bond donors (Lipinski definition) is 0. The summed E-state index contributed by atoms with van der Waals surface area (Å²) in [4.78, 5) is 2.40. The number of nitrogens with zero attached hydrogens (tertiary/aromatic N) is 1. The molecule has 0 fully saturated rings. The van der Waals surface area contributed by atoms with Crippen molar-refractivity contribution >= 4 is 27.8 Å². The van der Waals surface area contributed by atoms with Crippen LogP contribution in [0.4, 0.5) is 17.1 Å². The number of hydrogen-bond acceptors (Lipinski definition) is 2. The van der Waals surface area contributed by atoms with Crippen molar-refractivity contribution in [1.29, 1.82) is 0 Å². The SMILES string of the molecule is c1ccc(-c2ccc(N(c3ccc4c(c3)C(c3ccccc3)(c3ccccc3)c3ccccc3-4)c3cccc4c3Oc3cc5ccccc5cc3-c3cc(-c5ccccc5)ccc3-4)cc2)cc1. The van der Waals surface area contributed by atoms with E-state index in [0.29, 0.717) is 0 Å². The zero-order chi connectivity index (χ0) is 44.3. The maximum atomic E-state index is 7.47. The molecule has 0 aromatic heterocycles. The van der Waals surface area contributed by atoms with Crippen molar-refractivity contribution in [3.8, 4) is 67.1 Å². The molecule has 11 aromatic carbocycles. The molecule has 1 heterocycles. The highest BCUT2D eigenvalue weighted by Gasteiger charge is 2.46. The van der Waals surface area contributed by atoms with E-state index < -0.39 is 5.41 Å². The van der Waals surface area contributed by atoms with Gasteiger partial charge in [0.2, 0.25) is 0 Å². The van der Waals surface area contributed by atoms with Crippen LogP contribution in [0.15, 0.2) is 261 Å². The zero-order valence-corrected chi connectivity index (χ0v) is 36.7. The highest BCUT2D eigenvalue weighted by molar-refractivity contribution is 6.01. The third-order valence-corrected chi connectivity index (χ3v) is 13.9. The second-order valence-corrected chi connectivity index (χ2v) is 17.6. The lowest BCUT2D eigenvalue weighted by molar-refractivity contribution is 0.489. The number of ether oxygens (including phenoxy) is 1. The molecular formula is C65H43NO. The van der Waals surface area contributed by atoms with Gasteiger partial charge < -0.3 is 9.64 Å². The Balaban J connectivity index is 1.07. The van der Waals surface area contributed by atoms with Crippen LogP contribution in [-0.4, -0.2) is 0 Å². The van der Waals surface area contributed by atoms with E-state index in [0.717, 1.165) is 67.3 Å². The zero-order valence-electron chi connectivity index (χ0n) is 36.7. The molecule has 2 heteroatoms. The lowest BCUT2D eigenvalue weighted by Gasteiger charge is -2.35. The summed E-state index contributed by atoms with van der Waals surface area (Å²) < 4.78 is 7.47. The molecule has 2 nitrogen and oxygen atoms in total. The van der Waals surface area contributed by atoms with Gasteiger partial charge in [-0.15, -0.1) is 0 Å². The summed E-state index contributed by atoms with van der Waals surface area (Å²) in [6, 6.07) is 95.0. The maximum Gasteiger partial charge on any atom is 0.159 e. The summed E-state index contributed by atoms with van der Waals surface area (Å²) in [5, 5.41) is 2.30. The van der Waals surface area contributed by atoms with Gasteiger partial charge >= 0.3 is 0 Å². The fourth-order valence-corrected chi connectivity index (χ4v) is 10.9. The molecule has 11 aromatic rings. The molecule has 0 bridgehead atoms. The van der Waals surface area contributed by atoms with E-state index in [2.05, 4.69) is 266 Å². The van der Waals surface area contributed by atoms with E-state index in [1.54, 1.807) is 0 Å².